The van der Waals surface area contributed by atoms with Crippen LogP contribution in [0.4, 0.5) is 5.69 Å². The zero-order valence-electron chi connectivity index (χ0n) is 11.3. The van der Waals surface area contributed by atoms with E-state index >= 15 is 0 Å². The van der Waals surface area contributed by atoms with Gasteiger partial charge < -0.3 is 10.5 Å². The Morgan fingerprint density at radius 3 is 2.48 bits per heavy atom. The Hall–Kier alpha value is -1.53. The van der Waals surface area contributed by atoms with Crippen molar-refractivity contribution in [2.24, 2.45) is 0 Å². The van der Waals surface area contributed by atoms with Gasteiger partial charge >= 0.3 is 0 Å². The zero-order valence-corrected chi connectivity index (χ0v) is 13.7. The van der Waals surface area contributed by atoms with Crippen LogP contribution in [-0.2, 0) is 9.84 Å². The zero-order chi connectivity index (χ0) is 15.3. The smallest absolute Gasteiger partial charge is 0.178 e. The molecule has 0 fully saturated rings. The molecule has 2 aromatic rings. The molecule has 112 valence electrons. The second-order valence-corrected chi connectivity index (χ2v) is 7.57. The molecular weight excluding hydrogens is 354 g/mol. The number of ether oxygens (including phenoxy) is 1. The van der Waals surface area contributed by atoms with Gasteiger partial charge in [-0.2, -0.15) is 0 Å². The monoisotopic (exact) mass is 369 g/mol. The van der Waals surface area contributed by atoms with Crippen LogP contribution < -0.4 is 10.5 Å². The Labute approximate surface area is 133 Å². The molecule has 2 rings (SSSR count). The number of rotatable bonds is 6. The molecule has 0 unspecified atom stereocenters. The lowest BCUT2D eigenvalue weighted by molar-refractivity contribution is 0.318. The van der Waals surface area contributed by atoms with Crippen molar-refractivity contribution in [1.82, 2.24) is 0 Å². The van der Waals surface area contributed by atoms with E-state index < -0.39 is 9.84 Å². The molecule has 0 radical (unpaired) electrons. The third-order valence-corrected chi connectivity index (χ3v) is 5.20. The average Bonchev–Trinajstić information content (AvgIpc) is 2.44. The van der Waals surface area contributed by atoms with Gasteiger partial charge in [-0.1, -0.05) is 22.0 Å². The summed E-state index contributed by atoms with van der Waals surface area (Å²) in [5.41, 5.74) is 6.26. The number of anilines is 1. The highest BCUT2D eigenvalue weighted by Gasteiger charge is 2.13. The van der Waals surface area contributed by atoms with Crippen molar-refractivity contribution in [3.8, 4) is 5.75 Å². The Morgan fingerprint density at radius 2 is 1.81 bits per heavy atom. The molecule has 2 N–H and O–H groups in total. The molecule has 0 saturated carbocycles. The first-order valence-electron chi connectivity index (χ1n) is 6.44. The third kappa shape index (κ3) is 4.75. The summed E-state index contributed by atoms with van der Waals surface area (Å²) in [6, 6.07) is 13.7. The van der Waals surface area contributed by atoms with Crippen LogP contribution in [-0.4, -0.2) is 20.8 Å². The van der Waals surface area contributed by atoms with E-state index in [2.05, 4.69) is 15.9 Å². The summed E-state index contributed by atoms with van der Waals surface area (Å²) in [4.78, 5) is 0.328. The first-order chi connectivity index (χ1) is 9.97. The largest absolute Gasteiger partial charge is 0.493 e. The summed E-state index contributed by atoms with van der Waals surface area (Å²) >= 11 is 3.28. The van der Waals surface area contributed by atoms with Crippen molar-refractivity contribution >= 4 is 31.5 Å². The Bertz CT molecular complexity index is 699. The highest BCUT2D eigenvalue weighted by Crippen LogP contribution is 2.17. The SMILES string of the molecule is Nc1cccc(OCCCS(=O)(=O)c2ccc(Br)cc2)c1. The Kier molecular flexibility index (Phi) is 5.25. The van der Waals surface area contributed by atoms with E-state index in [1.165, 1.54) is 0 Å². The molecule has 0 heterocycles. The third-order valence-electron chi connectivity index (χ3n) is 2.86. The van der Waals surface area contributed by atoms with E-state index in [0.29, 0.717) is 29.4 Å². The molecule has 2 aromatic carbocycles. The first-order valence-corrected chi connectivity index (χ1v) is 8.88. The van der Waals surface area contributed by atoms with E-state index in [-0.39, 0.29) is 5.75 Å². The highest BCUT2D eigenvalue weighted by molar-refractivity contribution is 9.10. The van der Waals surface area contributed by atoms with Crippen molar-refractivity contribution in [1.29, 1.82) is 0 Å². The van der Waals surface area contributed by atoms with Crippen LogP contribution in [0, 0.1) is 0 Å². The maximum Gasteiger partial charge on any atom is 0.178 e. The van der Waals surface area contributed by atoms with Gasteiger partial charge in [-0.3, -0.25) is 0 Å². The fourth-order valence-electron chi connectivity index (χ4n) is 1.80. The van der Waals surface area contributed by atoms with Crippen molar-refractivity contribution in [2.45, 2.75) is 11.3 Å². The molecule has 0 saturated heterocycles. The maximum atomic E-state index is 12.1. The van der Waals surface area contributed by atoms with Gasteiger partial charge in [0.05, 0.1) is 17.3 Å². The van der Waals surface area contributed by atoms with Gasteiger partial charge in [0, 0.05) is 16.2 Å². The number of halogens is 1. The topological polar surface area (TPSA) is 69.4 Å². The molecule has 0 aliphatic rings. The molecule has 0 spiro atoms. The average molecular weight is 370 g/mol. The predicted molar refractivity (Wildman–Crippen MR) is 87.2 cm³/mol. The summed E-state index contributed by atoms with van der Waals surface area (Å²) < 4.78 is 30.6. The van der Waals surface area contributed by atoms with E-state index in [0.717, 1.165) is 4.47 Å². The second kappa shape index (κ2) is 6.95. The Balaban J connectivity index is 1.86. The van der Waals surface area contributed by atoms with Crippen LogP contribution in [0.15, 0.2) is 57.9 Å². The van der Waals surface area contributed by atoms with Gasteiger partial charge in [0.2, 0.25) is 0 Å². The molecule has 21 heavy (non-hydrogen) atoms. The van der Waals surface area contributed by atoms with Crippen LogP contribution >= 0.6 is 15.9 Å². The summed E-state index contributed by atoms with van der Waals surface area (Å²) in [6.45, 7) is 0.333. The minimum atomic E-state index is -3.27. The summed E-state index contributed by atoms with van der Waals surface area (Å²) in [6.07, 6.45) is 0.424. The van der Waals surface area contributed by atoms with Gasteiger partial charge in [-0.05, 0) is 42.8 Å². The quantitative estimate of drug-likeness (QED) is 0.626. The van der Waals surface area contributed by atoms with E-state index in [9.17, 15) is 8.42 Å². The van der Waals surface area contributed by atoms with E-state index in [1.807, 2.05) is 0 Å². The predicted octanol–water partition coefficient (Wildman–Crippen LogP) is 3.27. The van der Waals surface area contributed by atoms with Crippen molar-refractivity contribution in [2.75, 3.05) is 18.1 Å². The van der Waals surface area contributed by atoms with Crippen LogP contribution in [0.1, 0.15) is 6.42 Å². The van der Waals surface area contributed by atoms with Crippen LogP contribution in [0.5, 0.6) is 5.75 Å². The molecule has 0 bridgehead atoms. The standard InChI is InChI=1S/C15H16BrNO3S/c16-12-5-7-15(8-6-12)21(18,19)10-2-9-20-14-4-1-3-13(17)11-14/h1,3-8,11H,2,9-10,17H2. The minimum Gasteiger partial charge on any atom is -0.493 e. The summed E-state index contributed by atoms with van der Waals surface area (Å²) in [7, 11) is -3.27. The molecule has 0 aromatic heterocycles. The van der Waals surface area contributed by atoms with Crippen molar-refractivity contribution in [3.05, 3.63) is 53.0 Å². The first kappa shape index (κ1) is 15.9. The van der Waals surface area contributed by atoms with Gasteiger partial charge in [0.1, 0.15) is 5.75 Å². The molecule has 6 heteroatoms. The van der Waals surface area contributed by atoms with Crippen LogP contribution in [0.2, 0.25) is 0 Å². The number of sulfone groups is 1. The normalized spacial score (nSPS) is 11.3. The summed E-state index contributed by atoms with van der Waals surface area (Å²) in [5, 5.41) is 0. The van der Waals surface area contributed by atoms with Gasteiger partial charge in [0.25, 0.3) is 0 Å². The molecule has 0 atom stereocenters. The Morgan fingerprint density at radius 1 is 1.10 bits per heavy atom. The fraction of sp³-hybridized carbons (Fsp3) is 0.200. The van der Waals surface area contributed by atoms with Crippen molar-refractivity contribution < 1.29 is 13.2 Å². The minimum absolute atomic E-state index is 0.0525. The molecule has 4 nitrogen and oxygen atoms in total. The molecule has 0 aliphatic carbocycles. The second-order valence-electron chi connectivity index (χ2n) is 4.55. The fourth-order valence-corrected chi connectivity index (χ4v) is 3.35. The van der Waals surface area contributed by atoms with Gasteiger partial charge in [-0.15, -0.1) is 0 Å². The number of nitrogen functional groups attached to an aromatic ring is 1. The highest BCUT2D eigenvalue weighted by atomic mass is 79.9. The molecular formula is C15H16BrNO3S. The maximum absolute atomic E-state index is 12.1. The lowest BCUT2D eigenvalue weighted by atomic mass is 10.3. The lowest BCUT2D eigenvalue weighted by Gasteiger charge is -2.07. The van der Waals surface area contributed by atoms with Gasteiger partial charge in [-0.25, -0.2) is 8.42 Å². The lowest BCUT2D eigenvalue weighted by Crippen LogP contribution is -2.10. The number of hydrogen-bond acceptors (Lipinski definition) is 4. The molecule has 0 aliphatic heterocycles. The van der Waals surface area contributed by atoms with E-state index in [4.69, 9.17) is 10.5 Å². The van der Waals surface area contributed by atoms with Gasteiger partial charge in [0.15, 0.2) is 9.84 Å². The van der Waals surface area contributed by atoms with Crippen LogP contribution in [0.3, 0.4) is 0 Å². The number of nitrogens with two attached hydrogens (primary N) is 1. The van der Waals surface area contributed by atoms with Crippen molar-refractivity contribution in [3.63, 3.8) is 0 Å². The number of benzene rings is 2. The van der Waals surface area contributed by atoms with E-state index in [1.54, 1.807) is 48.5 Å². The summed E-state index contributed by atoms with van der Waals surface area (Å²) in [5.74, 6) is 0.702. The van der Waals surface area contributed by atoms with Crippen LogP contribution in [0.25, 0.3) is 0 Å². The molecule has 0 amide bonds. The number of hydrogen-bond donors (Lipinski definition) is 1.